The van der Waals surface area contributed by atoms with Crippen molar-refractivity contribution in [3.05, 3.63) is 36.2 Å². The lowest BCUT2D eigenvalue weighted by molar-refractivity contribution is 0.0555. The number of aromatic nitrogens is 1. The Hall–Kier alpha value is -1.23. The minimum absolute atomic E-state index is 0.0354. The molecule has 14 heavy (non-hydrogen) atoms. The largest absolute Gasteiger partial charge is 0.389 e. The standard InChI is InChI=1S/C10H14N2O2/c11-7-10(14)9(13)5-4-8-3-1-2-6-12-8/h1-6,9-10,13-14H,7,11H2. The number of pyridine rings is 1. The molecule has 0 spiro atoms. The Balaban J connectivity index is 2.56. The van der Waals surface area contributed by atoms with Gasteiger partial charge < -0.3 is 15.9 Å². The van der Waals surface area contributed by atoms with Crippen LogP contribution in [-0.4, -0.2) is 33.9 Å². The number of hydrogen-bond donors (Lipinski definition) is 3. The number of hydrogen-bond acceptors (Lipinski definition) is 4. The lowest BCUT2D eigenvalue weighted by atomic mass is 10.2. The Kier molecular flexibility index (Phi) is 4.25. The van der Waals surface area contributed by atoms with Crippen molar-refractivity contribution < 1.29 is 10.2 Å². The van der Waals surface area contributed by atoms with Crippen molar-refractivity contribution in [2.24, 2.45) is 5.73 Å². The Morgan fingerprint density at radius 2 is 2.21 bits per heavy atom. The second kappa shape index (κ2) is 5.49. The molecule has 1 aromatic rings. The summed E-state index contributed by atoms with van der Waals surface area (Å²) in [6.07, 6.45) is 2.91. The zero-order valence-electron chi connectivity index (χ0n) is 7.74. The molecule has 0 aliphatic carbocycles. The molecule has 1 heterocycles. The van der Waals surface area contributed by atoms with Crippen LogP contribution in [0.1, 0.15) is 5.69 Å². The van der Waals surface area contributed by atoms with Crippen molar-refractivity contribution in [1.29, 1.82) is 0 Å². The molecule has 0 bridgehead atoms. The Morgan fingerprint density at radius 3 is 2.79 bits per heavy atom. The van der Waals surface area contributed by atoms with Gasteiger partial charge in [-0.05, 0) is 18.2 Å². The molecule has 0 fully saturated rings. The van der Waals surface area contributed by atoms with Crippen LogP contribution in [0.4, 0.5) is 0 Å². The SMILES string of the molecule is NCC(O)C(O)C=Cc1ccccn1. The van der Waals surface area contributed by atoms with Gasteiger partial charge in [0.2, 0.25) is 0 Å². The first-order valence-electron chi connectivity index (χ1n) is 4.39. The van der Waals surface area contributed by atoms with E-state index < -0.39 is 12.2 Å². The van der Waals surface area contributed by atoms with E-state index in [2.05, 4.69) is 4.98 Å². The van der Waals surface area contributed by atoms with Crippen LogP contribution in [0.3, 0.4) is 0 Å². The van der Waals surface area contributed by atoms with E-state index in [1.165, 1.54) is 6.08 Å². The van der Waals surface area contributed by atoms with E-state index in [1.807, 2.05) is 12.1 Å². The summed E-state index contributed by atoms with van der Waals surface area (Å²) in [5.41, 5.74) is 5.91. The maximum atomic E-state index is 9.33. The third-order valence-electron chi connectivity index (χ3n) is 1.79. The van der Waals surface area contributed by atoms with E-state index in [4.69, 9.17) is 10.8 Å². The fraction of sp³-hybridized carbons (Fsp3) is 0.300. The highest BCUT2D eigenvalue weighted by atomic mass is 16.3. The maximum Gasteiger partial charge on any atom is 0.0996 e. The molecule has 0 saturated carbocycles. The van der Waals surface area contributed by atoms with E-state index in [9.17, 15) is 5.11 Å². The molecular weight excluding hydrogens is 180 g/mol. The molecule has 0 saturated heterocycles. The van der Waals surface area contributed by atoms with Gasteiger partial charge in [0.05, 0.1) is 17.9 Å². The van der Waals surface area contributed by atoms with Crippen LogP contribution < -0.4 is 5.73 Å². The normalized spacial score (nSPS) is 15.6. The highest BCUT2D eigenvalue weighted by Crippen LogP contribution is 2.00. The molecule has 0 amide bonds. The first-order chi connectivity index (χ1) is 6.74. The topological polar surface area (TPSA) is 79.4 Å². The molecule has 0 radical (unpaired) electrons. The van der Waals surface area contributed by atoms with Gasteiger partial charge in [0.1, 0.15) is 0 Å². The number of rotatable bonds is 4. The van der Waals surface area contributed by atoms with Crippen LogP contribution in [0.25, 0.3) is 6.08 Å². The predicted molar refractivity (Wildman–Crippen MR) is 54.3 cm³/mol. The van der Waals surface area contributed by atoms with Gasteiger partial charge in [-0.15, -0.1) is 0 Å². The van der Waals surface area contributed by atoms with E-state index in [0.717, 1.165) is 5.69 Å². The van der Waals surface area contributed by atoms with Crippen molar-refractivity contribution in [3.8, 4) is 0 Å². The highest BCUT2D eigenvalue weighted by Gasteiger charge is 2.09. The van der Waals surface area contributed by atoms with Crippen LogP contribution >= 0.6 is 0 Å². The molecule has 76 valence electrons. The third kappa shape index (κ3) is 3.26. The van der Waals surface area contributed by atoms with Gasteiger partial charge in [0.25, 0.3) is 0 Å². The molecule has 0 aliphatic heterocycles. The zero-order chi connectivity index (χ0) is 10.4. The highest BCUT2D eigenvalue weighted by molar-refractivity contribution is 5.44. The molecule has 0 aromatic carbocycles. The Bertz CT molecular complexity index is 287. The van der Waals surface area contributed by atoms with Gasteiger partial charge >= 0.3 is 0 Å². The van der Waals surface area contributed by atoms with Crippen LogP contribution in [0, 0.1) is 0 Å². The van der Waals surface area contributed by atoms with Crippen molar-refractivity contribution in [3.63, 3.8) is 0 Å². The van der Waals surface area contributed by atoms with Gasteiger partial charge in [-0.1, -0.05) is 12.1 Å². The van der Waals surface area contributed by atoms with E-state index in [1.54, 1.807) is 18.3 Å². The zero-order valence-corrected chi connectivity index (χ0v) is 7.74. The van der Waals surface area contributed by atoms with Gasteiger partial charge in [-0.2, -0.15) is 0 Å². The molecule has 0 aliphatic rings. The molecule has 4 heteroatoms. The van der Waals surface area contributed by atoms with Gasteiger partial charge in [-0.25, -0.2) is 0 Å². The molecule has 4 N–H and O–H groups in total. The number of aliphatic hydroxyl groups excluding tert-OH is 2. The first-order valence-corrected chi connectivity index (χ1v) is 4.39. The molecular formula is C10H14N2O2. The van der Waals surface area contributed by atoms with E-state index in [0.29, 0.717) is 0 Å². The minimum atomic E-state index is -0.943. The molecule has 2 atom stereocenters. The average Bonchev–Trinajstić information content (AvgIpc) is 2.26. The summed E-state index contributed by atoms with van der Waals surface area (Å²) in [6, 6.07) is 5.46. The number of aliphatic hydroxyl groups is 2. The molecule has 1 aromatic heterocycles. The predicted octanol–water partition coefficient (Wildman–Crippen LogP) is -0.225. The van der Waals surface area contributed by atoms with Crippen molar-refractivity contribution >= 4 is 6.08 Å². The van der Waals surface area contributed by atoms with Crippen LogP contribution in [0.2, 0.25) is 0 Å². The smallest absolute Gasteiger partial charge is 0.0996 e. The van der Waals surface area contributed by atoms with Crippen molar-refractivity contribution in [2.75, 3.05) is 6.54 Å². The lowest BCUT2D eigenvalue weighted by Crippen LogP contribution is -2.31. The van der Waals surface area contributed by atoms with E-state index in [-0.39, 0.29) is 6.54 Å². The summed E-state index contributed by atoms with van der Waals surface area (Å²) < 4.78 is 0. The monoisotopic (exact) mass is 194 g/mol. The van der Waals surface area contributed by atoms with Crippen LogP contribution in [0.5, 0.6) is 0 Å². The number of nitrogens with zero attached hydrogens (tertiary/aromatic N) is 1. The van der Waals surface area contributed by atoms with Crippen LogP contribution in [-0.2, 0) is 0 Å². The Morgan fingerprint density at radius 1 is 1.43 bits per heavy atom. The third-order valence-corrected chi connectivity index (χ3v) is 1.79. The first kappa shape index (κ1) is 10.8. The van der Waals surface area contributed by atoms with Crippen molar-refractivity contribution in [1.82, 2.24) is 4.98 Å². The minimum Gasteiger partial charge on any atom is -0.389 e. The van der Waals surface area contributed by atoms with E-state index >= 15 is 0 Å². The Labute approximate surface area is 82.7 Å². The number of nitrogens with two attached hydrogens (primary N) is 1. The lowest BCUT2D eigenvalue weighted by Gasteiger charge is -2.10. The van der Waals surface area contributed by atoms with Gasteiger partial charge in [-0.3, -0.25) is 4.98 Å². The van der Waals surface area contributed by atoms with Gasteiger partial charge in [0.15, 0.2) is 0 Å². The summed E-state index contributed by atoms with van der Waals surface area (Å²) in [7, 11) is 0. The summed E-state index contributed by atoms with van der Waals surface area (Å²) in [5.74, 6) is 0. The average molecular weight is 194 g/mol. The summed E-state index contributed by atoms with van der Waals surface area (Å²) in [6.45, 7) is 0.0354. The molecule has 4 nitrogen and oxygen atoms in total. The summed E-state index contributed by atoms with van der Waals surface area (Å²) in [4.78, 5) is 4.03. The fourth-order valence-electron chi connectivity index (χ4n) is 0.939. The summed E-state index contributed by atoms with van der Waals surface area (Å²) in [5, 5.41) is 18.5. The fourth-order valence-corrected chi connectivity index (χ4v) is 0.939. The summed E-state index contributed by atoms with van der Waals surface area (Å²) >= 11 is 0. The molecule has 2 unspecified atom stereocenters. The van der Waals surface area contributed by atoms with Gasteiger partial charge in [0, 0.05) is 12.7 Å². The van der Waals surface area contributed by atoms with Crippen LogP contribution in [0.15, 0.2) is 30.5 Å². The molecule has 1 rings (SSSR count). The second-order valence-electron chi connectivity index (χ2n) is 2.91. The van der Waals surface area contributed by atoms with Crippen molar-refractivity contribution in [2.45, 2.75) is 12.2 Å². The second-order valence-corrected chi connectivity index (χ2v) is 2.91. The quantitative estimate of drug-likeness (QED) is 0.619. The maximum absolute atomic E-state index is 9.33.